The van der Waals surface area contributed by atoms with Crippen LogP contribution in [0.25, 0.3) is 0 Å². The number of rotatable bonds is 13. The van der Waals surface area contributed by atoms with Crippen LogP contribution in [0.3, 0.4) is 0 Å². The van der Waals surface area contributed by atoms with Gasteiger partial charge in [0.05, 0.1) is 24.1 Å². The lowest BCUT2D eigenvalue weighted by atomic mass is 10.0. The van der Waals surface area contributed by atoms with Crippen LogP contribution >= 0.6 is 11.6 Å². The second-order valence-electron chi connectivity index (χ2n) is 9.23. The molecule has 0 spiro atoms. The van der Waals surface area contributed by atoms with Crippen molar-refractivity contribution in [2.75, 3.05) is 31.3 Å². The minimum atomic E-state index is -3.69. The molecule has 0 radical (unpaired) electrons. The standard InChI is InChI=1S/C29H33ClFN3O5S/c1-32-29(36)26(18-21-8-5-4-6-9-21)33(20-22-11-13-23(31)14-12-22)28(35)10-7-17-34(40(3,37)38)24-15-16-27(39-2)25(30)19-24/h4-6,8-9,11-16,19,26H,7,10,17-18,20H2,1-3H3,(H,32,36)/t26-/m1/s1. The Bertz CT molecular complexity index is 1400. The topological polar surface area (TPSA) is 96.0 Å². The van der Waals surface area contributed by atoms with E-state index in [1.54, 1.807) is 24.3 Å². The van der Waals surface area contributed by atoms with Crippen LogP contribution in [0.5, 0.6) is 5.75 Å². The molecule has 0 aliphatic rings. The van der Waals surface area contributed by atoms with Crippen LogP contribution in [0.4, 0.5) is 10.1 Å². The maximum Gasteiger partial charge on any atom is 0.242 e. The highest BCUT2D eigenvalue weighted by molar-refractivity contribution is 7.92. The molecule has 3 aromatic carbocycles. The summed E-state index contributed by atoms with van der Waals surface area (Å²) in [5, 5.41) is 2.90. The number of carbonyl (C=O) groups excluding carboxylic acids is 2. The molecule has 0 aliphatic carbocycles. The highest BCUT2D eigenvalue weighted by Gasteiger charge is 2.30. The molecular weight excluding hydrogens is 557 g/mol. The highest BCUT2D eigenvalue weighted by atomic mass is 35.5. The van der Waals surface area contributed by atoms with Crippen molar-refractivity contribution in [3.63, 3.8) is 0 Å². The van der Waals surface area contributed by atoms with E-state index in [4.69, 9.17) is 16.3 Å². The number of ether oxygens (including phenoxy) is 1. The molecule has 0 heterocycles. The Morgan fingerprint density at radius 2 is 1.70 bits per heavy atom. The highest BCUT2D eigenvalue weighted by Crippen LogP contribution is 2.30. The number of anilines is 1. The van der Waals surface area contributed by atoms with Gasteiger partial charge in [-0.25, -0.2) is 12.8 Å². The quantitative estimate of drug-likeness (QED) is 0.318. The van der Waals surface area contributed by atoms with E-state index in [0.717, 1.165) is 11.8 Å². The van der Waals surface area contributed by atoms with Crippen molar-refractivity contribution in [2.45, 2.75) is 31.8 Å². The molecule has 40 heavy (non-hydrogen) atoms. The van der Waals surface area contributed by atoms with E-state index in [1.807, 2.05) is 30.3 Å². The second-order valence-corrected chi connectivity index (χ2v) is 11.5. The van der Waals surface area contributed by atoms with Crippen molar-refractivity contribution in [3.8, 4) is 5.75 Å². The van der Waals surface area contributed by atoms with E-state index in [-0.39, 0.29) is 49.2 Å². The molecule has 0 saturated heterocycles. The van der Waals surface area contributed by atoms with E-state index in [2.05, 4.69) is 5.32 Å². The SMILES string of the molecule is CNC(=O)[C@@H](Cc1ccccc1)N(Cc1ccc(F)cc1)C(=O)CCCN(c1ccc(OC)c(Cl)c1)S(C)(=O)=O. The van der Waals surface area contributed by atoms with E-state index < -0.39 is 21.9 Å². The van der Waals surface area contributed by atoms with Gasteiger partial charge in [0.2, 0.25) is 21.8 Å². The molecule has 0 bridgehead atoms. The number of likely N-dealkylation sites (N-methyl/N-ethyl adjacent to an activating group) is 1. The summed E-state index contributed by atoms with van der Waals surface area (Å²) in [5.41, 5.74) is 1.87. The fourth-order valence-electron chi connectivity index (χ4n) is 4.32. The van der Waals surface area contributed by atoms with Crippen LogP contribution in [0.1, 0.15) is 24.0 Å². The first kappa shape index (κ1) is 30.9. The van der Waals surface area contributed by atoms with Gasteiger partial charge in [-0.15, -0.1) is 0 Å². The number of amides is 2. The first-order chi connectivity index (χ1) is 19.0. The maximum absolute atomic E-state index is 13.6. The number of halogens is 2. The largest absolute Gasteiger partial charge is 0.495 e. The molecule has 0 fully saturated rings. The Balaban J connectivity index is 1.84. The third-order valence-electron chi connectivity index (χ3n) is 6.36. The first-order valence-corrected chi connectivity index (χ1v) is 14.9. The van der Waals surface area contributed by atoms with Crippen LogP contribution < -0.4 is 14.4 Å². The average Bonchev–Trinajstić information content (AvgIpc) is 2.93. The van der Waals surface area contributed by atoms with Gasteiger partial charge >= 0.3 is 0 Å². The lowest BCUT2D eigenvalue weighted by molar-refractivity contribution is -0.141. The second kappa shape index (κ2) is 14.1. The lowest BCUT2D eigenvalue weighted by Crippen LogP contribution is -2.49. The minimum Gasteiger partial charge on any atom is -0.495 e. The summed E-state index contributed by atoms with van der Waals surface area (Å²) in [4.78, 5) is 28.1. The Kier molecular flexibility index (Phi) is 10.9. The normalized spacial score (nSPS) is 11.9. The van der Waals surface area contributed by atoms with E-state index >= 15 is 0 Å². The fourth-order valence-corrected chi connectivity index (χ4v) is 5.53. The first-order valence-electron chi connectivity index (χ1n) is 12.6. The molecule has 3 rings (SSSR count). The summed E-state index contributed by atoms with van der Waals surface area (Å²) in [6.07, 6.45) is 1.50. The third-order valence-corrected chi connectivity index (χ3v) is 7.85. The summed E-state index contributed by atoms with van der Waals surface area (Å²) >= 11 is 6.21. The van der Waals surface area contributed by atoms with Gasteiger partial charge in [-0.3, -0.25) is 13.9 Å². The Morgan fingerprint density at radius 3 is 2.27 bits per heavy atom. The fraction of sp³-hybridized carbons (Fsp3) is 0.310. The van der Waals surface area contributed by atoms with E-state index in [1.165, 1.54) is 41.6 Å². The van der Waals surface area contributed by atoms with Crippen LogP contribution in [0, 0.1) is 5.82 Å². The molecule has 3 aromatic rings. The van der Waals surface area contributed by atoms with Crippen molar-refractivity contribution in [2.24, 2.45) is 0 Å². The van der Waals surface area contributed by atoms with Gasteiger partial charge in [0.1, 0.15) is 17.6 Å². The number of hydrogen-bond acceptors (Lipinski definition) is 5. The summed E-state index contributed by atoms with van der Waals surface area (Å²) in [6.45, 7) is 0.0921. The molecule has 1 atom stereocenters. The lowest BCUT2D eigenvalue weighted by Gasteiger charge is -2.31. The number of nitrogens with one attached hydrogen (secondary N) is 1. The van der Waals surface area contributed by atoms with Crippen molar-refractivity contribution >= 4 is 39.1 Å². The molecule has 214 valence electrons. The smallest absolute Gasteiger partial charge is 0.242 e. The van der Waals surface area contributed by atoms with Crippen molar-refractivity contribution in [1.82, 2.24) is 10.2 Å². The van der Waals surface area contributed by atoms with Crippen molar-refractivity contribution < 1.29 is 27.1 Å². The molecule has 8 nitrogen and oxygen atoms in total. The molecule has 2 amide bonds. The zero-order chi connectivity index (χ0) is 29.3. The number of carbonyl (C=O) groups is 2. The summed E-state index contributed by atoms with van der Waals surface area (Å²) < 4.78 is 45.0. The molecule has 0 saturated carbocycles. The summed E-state index contributed by atoms with van der Waals surface area (Å²) in [7, 11) is -0.725. The zero-order valence-corrected chi connectivity index (χ0v) is 24.2. The van der Waals surface area contributed by atoms with Crippen LogP contribution in [-0.4, -0.2) is 58.1 Å². The van der Waals surface area contributed by atoms with Crippen LogP contribution in [-0.2, 0) is 32.6 Å². The van der Waals surface area contributed by atoms with Crippen LogP contribution in [0.2, 0.25) is 5.02 Å². The Labute approximate surface area is 239 Å². The summed E-state index contributed by atoms with van der Waals surface area (Å²) in [5.74, 6) is -0.683. The monoisotopic (exact) mass is 589 g/mol. The van der Waals surface area contributed by atoms with Crippen molar-refractivity contribution in [1.29, 1.82) is 0 Å². The zero-order valence-electron chi connectivity index (χ0n) is 22.6. The van der Waals surface area contributed by atoms with E-state index in [0.29, 0.717) is 17.0 Å². The molecular formula is C29H33ClFN3O5S. The minimum absolute atomic E-state index is 0.0148. The van der Waals surface area contributed by atoms with E-state index in [9.17, 15) is 22.4 Å². The average molecular weight is 590 g/mol. The maximum atomic E-state index is 13.6. The Hall–Kier alpha value is -3.63. The van der Waals surface area contributed by atoms with Gasteiger partial charge in [0.25, 0.3) is 0 Å². The number of nitrogens with zero attached hydrogens (tertiary/aromatic N) is 2. The van der Waals surface area contributed by atoms with Gasteiger partial charge in [0.15, 0.2) is 0 Å². The van der Waals surface area contributed by atoms with Crippen molar-refractivity contribution in [3.05, 3.63) is 94.8 Å². The molecule has 0 unspecified atom stereocenters. The number of benzene rings is 3. The van der Waals surface area contributed by atoms with Gasteiger partial charge in [-0.1, -0.05) is 54.1 Å². The molecule has 0 aliphatic heterocycles. The number of methoxy groups -OCH3 is 1. The molecule has 11 heteroatoms. The molecule has 1 N–H and O–H groups in total. The predicted molar refractivity (Wildman–Crippen MR) is 154 cm³/mol. The number of sulfonamides is 1. The van der Waals surface area contributed by atoms with Gasteiger partial charge in [-0.2, -0.15) is 0 Å². The van der Waals surface area contributed by atoms with Crippen LogP contribution in [0.15, 0.2) is 72.8 Å². The van der Waals surface area contributed by atoms with Gasteiger partial charge < -0.3 is 15.0 Å². The summed E-state index contributed by atoms with van der Waals surface area (Å²) in [6, 6.07) is 18.9. The molecule has 0 aromatic heterocycles. The van der Waals surface area contributed by atoms with Gasteiger partial charge in [-0.05, 0) is 47.9 Å². The predicted octanol–water partition coefficient (Wildman–Crippen LogP) is 4.42. The third kappa shape index (κ3) is 8.43. The Morgan fingerprint density at radius 1 is 1.02 bits per heavy atom. The number of hydrogen-bond donors (Lipinski definition) is 1. The van der Waals surface area contributed by atoms with Gasteiger partial charge in [0, 0.05) is 33.0 Å².